The Balaban J connectivity index is 2.59. The molecule has 98 valence electrons. The van der Waals surface area contributed by atoms with E-state index in [1.54, 1.807) is 27.7 Å². The molecule has 0 aliphatic carbocycles. The van der Waals surface area contributed by atoms with Crippen LogP contribution in [0.3, 0.4) is 0 Å². The van der Waals surface area contributed by atoms with E-state index < -0.39 is 17.7 Å². The largest absolute Gasteiger partial charge is 0.444 e. The maximum Gasteiger partial charge on any atom is 0.408 e. The summed E-state index contributed by atoms with van der Waals surface area (Å²) < 4.78 is 5.06. The van der Waals surface area contributed by atoms with Crippen LogP contribution in [0.4, 0.5) is 4.79 Å². The topological polar surface area (TPSA) is 81.2 Å². The van der Waals surface area contributed by atoms with Gasteiger partial charge in [0.2, 0.25) is 0 Å². The highest BCUT2D eigenvalue weighted by molar-refractivity contribution is 6.00. The second-order valence-corrected chi connectivity index (χ2v) is 4.86. The lowest BCUT2D eigenvalue weighted by Gasteiger charge is -2.21. The number of hydrogen-bond donors (Lipinski definition) is 1. The van der Waals surface area contributed by atoms with Crippen molar-refractivity contribution in [3.05, 3.63) is 24.3 Å². The van der Waals surface area contributed by atoms with Gasteiger partial charge in [-0.3, -0.25) is 4.79 Å². The number of carbonyl (C=O) groups is 2. The predicted octanol–water partition coefficient (Wildman–Crippen LogP) is 1.57. The summed E-state index contributed by atoms with van der Waals surface area (Å²) in [7, 11) is 0. The maximum absolute atomic E-state index is 11.9. The molecule has 0 aliphatic rings. The molecular weight excluding hydrogens is 234 g/mol. The molecule has 0 aromatic carbocycles. The molecule has 1 heterocycles. The van der Waals surface area contributed by atoms with Gasteiger partial charge in [-0.2, -0.15) is 0 Å². The van der Waals surface area contributed by atoms with E-state index in [9.17, 15) is 9.59 Å². The Kier molecular flexibility index (Phi) is 4.36. The lowest BCUT2D eigenvalue weighted by molar-refractivity contribution is 0.0496. The zero-order valence-electron chi connectivity index (χ0n) is 10.9. The average Bonchev–Trinajstić information content (AvgIpc) is 2.26. The zero-order chi connectivity index (χ0) is 13.8. The number of alkyl carbamates (subject to hydrolysis) is 1. The molecule has 0 radical (unpaired) electrons. The number of aromatic nitrogens is 2. The number of carbonyl (C=O) groups excluding carboxylic acids is 2. The van der Waals surface area contributed by atoms with Gasteiger partial charge in [-0.25, -0.2) is 14.8 Å². The first-order valence-electron chi connectivity index (χ1n) is 5.58. The van der Waals surface area contributed by atoms with E-state index in [-0.39, 0.29) is 5.78 Å². The Morgan fingerprint density at radius 3 is 2.33 bits per heavy atom. The van der Waals surface area contributed by atoms with Crippen LogP contribution in [0.25, 0.3) is 0 Å². The van der Waals surface area contributed by atoms with E-state index in [2.05, 4.69) is 15.3 Å². The van der Waals surface area contributed by atoms with Crippen LogP contribution in [-0.4, -0.2) is 33.5 Å². The van der Waals surface area contributed by atoms with Crippen LogP contribution in [0.15, 0.2) is 18.7 Å². The molecule has 1 aromatic rings. The minimum absolute atomic E-state index is 0.263. The minimum Gasteiger partial charge on any atom is -0.444 e. The Morgan fingerprint density at radius 1 is 1.28 bits per heavy atom. The second-order valence-electron chi connectivity index (χ2n) is 4.86. The summed E-state index contributed by atoms with van der Waals surface area (Å²) in [6.45, 7) is 6.84. The molecule has 1 rings (SSSR count). The highest BCUT2D eigenvalue weighted by atomic mass is 16.6. The van der Waals surface area contributed by atoms with E-state index in [0.717, 1.165) is 0 Å². The van der Waals surface area contributed by atoms with Gasteiger partial charge in [0.05, 0.1) is 11.6 Å². The number of nitrogens with zero attached hydrogens (tertiary/aromatic N) is 2. The number of nitrogens with one attached hydrogen (secondary N) is 1. The van der Waals surface area contributed by atoms with Crippen LogP contribution in [-0.2, 0) is 4.74 Å². The first kappa shape index (κ1) is 14.1. The molecule has 18 heavy (non-hydrogen) atoms. The van der Waals surface area contributed by atoms with E-state index in [1.807, 2.05) is 0 Å². The van der Waals surface area contributed by atoms with Crippen LogP contribution in [0.5, 0.6) is 0 Å². The van der Waals surface area contributed by atoms with Crippen molar-refractivity contribution in [2.45, 2.75) is 39.3 Å². The Morgan fingerprint density at radius 2 is 1.83 bits per heavy atom. The Hall–Kier alpha value is -1.98. The number of Topliss-reactive ketones (excluding diaryl/α,β-unsaturated/α-hetero) is 1. The Labute approximate surface area is 106 Å². The molecule has 0 saturated carbocycles. The number of ether oxygens (including phenoxy) is 1. The molecule has 0 spiro atoms. The predicted molar refractivity (Wildman–Crippen MR) is 65.2 cm³/mol. The van der Waals surface area contributed by atoms with Gasteiger partial charge in [0.25, 0.3) is 0 Å². The smallest absolute Gasteiger partial charge is 0.408 e. The molecule has 1 N–H and O–H groups in total. The standard InChI is InChI=1S/C12H17N3O3/c1-8(15-11(17)18-12(2,3)4)10(16)9-5-13-7-14-6-9/h5-8H,1-4H3,(H,15,17)/t8-/m0/s1. The highest BCUT2D eigenvalue weighted by Gasteiger charge is 2.21. The monoisotopic (exact) mass is 251 g/mol. The fraction of sp³-hybridized carbons (Fsp3) is 0.500. The fourth-order valence-electron chi connectivity index (χ4n) is 1.23. The van der Waals surface area contributed by atoms with Crippen molar-refractivity contribution in [1.29, 1.82) is 0 Å². The number of rotatable bonds is 3. The molecule has 0 saturated heterocycles. The third-order valence-electron chi connectivity index (χ3n) is 1.97. The SMILES string of the molecule is C[C@H](NC(=O)OC(C)(C)C)C(=O)c1cncnc1. The third-order valence-corrected chi connectivity index (χ3v) is 1.97. The minimum atomic E-state index is -0.689. The van der Waals surface area contributed by atoms with Gasteiger partial charge in [0.15, 0.2) is 5.78 Å². The van der Waals surface area contributed by atoms with E-state index >= 15 is 0 Å². The summed E-state index contributed by atoms with van der Waals surface area (Å²) in [6, 6.07) is -0.689. The van der Waals surface area contributed by atoms with Crippen LogP contribution in [0.2, 0.25) is 0 Å². The summed E-state index contributed by atoms with van der Waals surface area (Å²) in [5, 5.41) is 2.47. The maximum atomic E-state index is 11.9. The lowest BCUT2D eigenvalue weighted by atomic mass is 10.1. The summed E-state index contributed by atoms with van der Waals surface area (Å²) >= 11 is 0. The molecule has 0 bridgehead atoms. The van der Waals surface area contributed by atoms with Gasteiger partial charge >= 0.3 is 6.09 Å². The first-order valence-corrected chi connectivity index (χ1v) is 5.58. The van der Waals surface area contributed by atoms with E-state index in [0.29, 0.717) is 5.56 Å². The quantitative estimate of drug-likeness (QED) is 0.825. The van der Waals surface area contributed by atoms with Gasteiger partial charge in [-0.15, -0.1) is 0 Å². The van der Waals surface area contributed by atoms with Crippen molar-refractivity contribution in [2.75, 3.05) is 0 Å². The average molecular weight is 251 g/mol. The van der Waals surface area contributed by atoms with Gasteiger partial charge in [0.1, 0.15) is 11.9 Å². The number of hydrogen-bond acceptors (Lipinski definition) is 5. The molecule has 0 unspecified atom stereocenters. The third kappa shape index (κ3) is 4.48. The van der Waals surface area contributed by atoms with Crippen molar-refractivity contribution in [2.24, 2.45) is 0 Å². The molecule has 6 nitrogen and oxygen atoms in total. The van der Waals surface area contributed by atoms with Crippen molar-refractivity contribution in [1.82, 2.24) is 15.3 Å². The van der Waals surface area contributed by atoms with Gasteiger partial charge in [-0.1, -0.05) is 0 Å². The molecule has 1 atom stereocenters. The summed E-state index contributed by atoms with van der Waals surface area (Å²) in [5.74, 6) is -0.263. The molecule has 6 heteroatoms. The summed E-state index contributed by atoms with van der Waals surface area (Å²) in [4.78, 5) is 30.9. The number of amides is 1. The normalized spacial score (nSPS) is 12.7. The van der Waals surface area contributed by atoms with Crippen molar-refractivity contribution >= 4 is 11.9 Å². The second kappa shape index (κ2) is 5.57. The van der Waals surface area contributed by atoms with E-state index in [1.165, 1.54) is 18.7 Å². The van der Waals surface area contributed by atoms with Crippen LogP contribution >= 0.6 is 0 Å². The van der Waals surface area contributed by atoms with Crippen LogP contribution in [0, 0.1) is 0 Å². The Bertz CT molecular complexity index is 426. The van der Waals surface area contributed by atoms with Gasteiger partial charge in [-0.05, 0) is 27.7 Å². The van der Waals surface area contributed by atoms with Crippen molar-refractivity contribution in [3.63, 3.8) is 0 Å². The van der Waals surface area contributed by atoms with Gasteiger partial charge in [0, 0.05) is 12.4 Å². The first-order chi connectivity index (χ1) is 8.29. The van der Waals surface area contributed by atoms with Crippen LogP contribution < -0.4 is 5.32 Å². The van der Waals surface area contributed by atoms with E-state index in [4.69, 9.17) is 4.74 Å². The molecule has 0 aliphatic heterocycles. The molecule has 1 aromatic heterocycles. The molecular formula is C12H17N3O3. The van der Waals surface area contributed by atoms with Crippen molar-refractivity contribution < 1.29 is 14.3 Å². The van der Waals surface area contributed by atoms with Crippen LogP contribution in [0.1, 0.15) is 38.1 Å². The lowest BCUT2D eigenvalue weighted by Crippen LogP contribution is -2.41. The molecule has 1 amide bonds. The van der Waals surface area contributed by atoms with Crippen molar-refractivity contribution in [3.8, 4) is 0 Å². The zero-order valence-corrected chi connectivity index (χ0v) is 10.9. The number of ketones is 1. The highest BCUT2D eigenvalue weighted by Crippen LogP contribution is 2.07. The summed E-state index contributed by atoms with van der Waals surface area (Å²) in [5.41, 5.74) is -0.246. The molecule has 0 fully saturated rings. The summed E-state index contributed by atoms with van der Waals surface area (Å²) in [6.07, 6.45) is 3.52. The van der Waals surface area contributed by atoms with Gasteiger partial charge < -0.3 is 10.1 Å². The fourth-order valence-corrected chi connectivity index (χ4v) is 1.23.